The molecule has 1 saturated carbocycles. The smallest absolute Gasteiger partial charge is 0.340 e. The molecule has 1 aliphatic carbocycles. The fourth-order valence-electron chi connectivity index (χ4n) is 4.71. The number of hydrogen-bond donors (Lipinski definition) is 3. The van der Waals surface area contributed by atoms with Crippen LogP contribution >= 0.6 is 0 Å². The lowest BCUT2D eigenvalue weighted by Crippen LogP contribution is -2.28. The Morgan fingerprint density at radius 1 is 1.29 bits per heavy atom. The number of halogens is 1. The number of ketones is 1. The van der Waals surface area contributed by atoms with Crippen LogP contribution in [0.15, 0.2) is 24.3 Å². The molecule has 1 unspecified atom stereocenters. The molecule has 1 atom stereocenters. The average Bonchev–Trinajstić information content (AvgIpc) is 3.46. The maximum absolute atomic E-state index is 15.7. The first-order chi connectivity index (χ1) is 13.3. The molecule has 2 aromatic rings. The molecule has 146 valence electrons. The third-order valence-electron chi connectivity index (χ3n) is 6.32. The van der Waals surface area contributed by atoms with Crippen LogP contribution in [-0.2, 0) is 10.2 Å². The number of nitrogens with one attached hydrogen (secondary N) is 1. The summed E-state index contributed by atoms with van der Waals surface area (Å²) >= 11 is 0. The molecule has 6 heteroatoms. The minimum atomic E-state index is -1.39. The van der Waals surface area contributed by atoms with Crippen LogP contribution in [0.2, 0.25) is 0 Å². The molecule has 0 saturated heterocycles. The summed E-state index contributed by atoms with van der Waals surface area (Å²) in [6.07, 6.45) is 1.87. The number of anilines is 2. The van der Waals surface area contributed by atoms with Crippen LogP contribution in [0.1, 0.15) is 64.7 Å². The first kappa shape index (κ1) is 18.5. The molecule has 0 amide bonds. The van der Waals surface area contributed by atoms with Crippen molar-refractivity contribution in [2.24, 2.45) is 0 Å². The number of nitrogens with two attached hydrogens (primary N) is 1. The van der Waals surface area contributed by atoms with Crippen LogP contribution in [0.3, 0.4) is 0 Å². The van der Waals surface area contributed by atoms with Gasteiger partial charge in [-0.1, -0.05) is 18.2 Å². The van der Waals surface area contributed by atoms with Gasteiger partial charge < -0.3 is 16.2 Å². The van der Waals surface area contributed by atoms with Crippen molar-refractivity contribution in [3.63, 3.8) is 0 Å². The van der Waals surface area contributed by atoms with E-state index in [2.05, 4.69) is 5.32 Å². The van der Waals surface area contributed by atoms with Crippen LogP contribution in [0.5, 0.6) is 0 Å². The summed E-state index contributed by atoms with van der Waals surface area (Å²) < 4.78 is 15.7. The highest BCUT2D eigenvalue weighted by atomic mass is 19.1. The summed E-state index contributed by atoms with van der Waals surface area (Å²) in [5.41, 5.74) is 7.97. The van der Waals surface area contributed by atoms with Gasteiger partial charge in [-0.05, 0) is 55.9 Å². The Kier molecular flexibility index (Phi) is 4.17. The van der Waals surface area contributed by atoms with Gasteiger partial charge in [0.1, 0.15) is 17.2 Å². The largest absolute Gasteiger partial charge is 0.478 e. The number of hydrogen-bond acceptors (Lipinski definition) is 4. The van der Waals surface area contributed by atoms with Crippen LogP contribution in [0.25, 0.3) is 0 Å². The van der Waals surface area contributed by atoms with Gasteiger partial charge in [0.15, 0.2) is 0 Å². The summed E-state index contributed by atoms with van der Waals surface area (Å²) in [4.78, 5) is 24.3. The van der Waals surface area contributed by atoms with E-state index in [1.54, 1.807) is 6.92 Å². The first-order valence-electron chi connectivity index (χ1n) is 9.48. The topological polar surface area (TPSA) is 92.4 Å². The average molecular weight is 382 g/mol. The summed E-state index contributed by atoms with van der Waals surface area (Å²) in [5.74, 6) is -2.55. The first-order valence-corrected chi connectivity index (χ1v) is 9.48. The molecule has 0 spiro atoms. The number of aromatic carboxylic acids is 1. The molecule has 1 aliphatic heterocycles. The Labute approximate surface area is 162 Å². The fraction of sp³-hybridized carbons (Fsp3) is 0.364. The van der Waals surface area contributed by atoms with E-state index in [1.165, 1.54) is 6.92 Å². The summed E-state index contributed by atoms with van der Waals surface area (Å²) in [6, 6.07) is 7.64. The number of carbonyl (C=O) groups excluding carboxylic acids is 1. The lowest BCUT2D eigenvalue weighted by Gasteiger charge is -2.32. The van der Waals surface area contributed by atoms with E-state index in [0.717, 1.165) is 11.3 Å². The summed E-state index contributed by atoms with van der Waals surface area (Å²) in [5, 5.41) is 12.9. The quantitative estimate of drug-likeness (QED) is 0.696. The lowest BCUT2D eigenvalue weighted by atomic mass is 9.74. The fourth-order valence-corrected chi connectivity index (χ4v) is 4.71. The van der Waals surface area contributed by atoms with Gasteiger partial charge >= 0.3 is 5.97 Å². The van der Waals surface area contributed by atoms with E-state index in [-0.39, 0.29) is 17.4 Å². The predicted molar refractivity (Wildman–Crippen MR) is 105 cm³/mol. The number of carboxylic acids is 1. The Morgan fingerprint density at radius 2 is 1.96 bits per heavy atom. The van der Waals surface area contributed by atoms with Gasteiger partial charge in [0, 0.05) is 23.7 Å². The highest BCUT2D eigenvalue weighted by Gasteiger charge is 2.53. The Hall–Kier alpha value is -2.89. The van der Waals surface area contributed by atoms with Gasteiger partial charge in [-0.25, -0.2) is 9.18 Å². The van der Waals surface area contributed by atoms with Crippen molar-refractivity contribution in [3.05, 3.63) is 57.9 Å². The Bertz CT molecular complexity index is 1010. The number of nitrogen functional groups attached to an aromatic ring is 1. The zero-order valence-corrected chi connectivity index (χ0v) is 15.9. The molecular weight excluding hydrogens is 359 g/mol. The van der Waals surface area contributed by atoms with Crippen molar-refractivity contribution < 1.29 is 19.1 Å². The molecule has 0 radical (unpaired) electrons. The van der Waals surface area contributed by atoms with Gasteiger partial charge in [0.05, 0.1) is 11.1 Å². The van der Waals surface area contributed by atoms with Crippen molar-refractivity contribution in [1.82, 2.24) is 0 Å². The van der Waals surface area contributed by atoms with Crippen LogP contribution < -0.4 is 11.1 Å². The molecule has 2 aromatic carbocycles. The maximum atomic E-state index is 15.7. The lowest BCUT2D eigenvalue weighted by molar-refractivity contribution is -0.119. The van der Waals surface area contributed by atoms with Crippen molar-refractivity contribution in [1.29, 1.82) is 0 Å². The molecular formula is C22H23FN2O3. The number of rotatable bonds is 4. The number of Topliss-reactive ketones (excluding diaryl/α,β-unsaturated/α-hetero) is 1. The summed E-state index contributed by atoms with van der Waals surface area (Å²) in [7, 11) is 0. The molecule has 1 heterocycles. The molecule has 5 nitrogen and oxygen atoms in total. The number of fused-ring (bicyclic) bond motifs is 1. The Balaban J connectivity index is 2.07. The molecule has 4 rings (SSSR count). The molecule has 1 fully saturated rings. The SMILES string of the molecule is CC(=O)C1(c2c(C)c(N)c(C(=O)O)c(F)c2C2CCNc3ccccc32)CC1. The molecule has 0 aromatic heterocycles. The second-order valence-corrected chi connectivity index (χ2v) is 7.82. The van der Waals surface area contributed by atoms with E-state index < -0.39 is 22.8 Å². The van der Waals surface area contributed by atoms with Crippen LogP contribution in [0.4, 0.5) is 15.8 Å². The van der Waals surface area contributed by atoms with E-state index >= 15 is 4.39 Å². The van der Waals surface area contributed by atoms with Crippen molar-refractivity contribution >= 4 is 23.1 Å². The van der Waals surface area contributed by atoms with Gasteiger partial charge in [0.2, 0.25) is 0 Å². The Morgan fingerprint density at radius 3 is 2.57 bits per heavy atom. The normalized spacial score (nSPS) is 19.5. The highest BCUT2D eigenvalue weighted by molar-refractivity contribution is 5.98. The minimum Gasteiger partial charge on any atom is -0.478 e. The van der Waals surface area contributed by atoms with Gasteiger partial charge in [-0.2, -0.15) is 0 Å². The number of carbonyl (C=O) groups is 2. The van der Waals surface area contributed by atoms with Crippen molar-refractivity contribution in [2.75, 3.05) is 17.6 Å². The minimum absolute atomic E-state index is 0.0269. The van der Waals surface area contributed by atoms with E-state index in [9.17, 15) is 14.7 Å². The standard InChI is InChI=1S/C22H23FN2O3/c1-11-18(22(8-9-22)12(2)26)16(19(23)17(20(11)24)21(27)28)14-7-10-25-15-6-4-3-5-13(14)15/h3-6,14,25H,7-10,24H2,1-2H3,(H,27,28). The third kappa shape index (κ3) is 2.51. The van der Waals surface area contributed by atoms with Gasteiger partial charge in [-0.15, -0.1) is 0 Å². The van der Waals surface area contributed by atoms with E-state index in [1.807, 2.05) is 24.3 Å². The van der Waals surface area contributed by atoms with Crippen LogP contribution in [-0.4, -0.2) is 23.4 Å². The third-order valence-corrected chi connectivity index (χ3v) is 6.32. The maximum Gasteiger partial charge on any atom is 0.340 e. The summed E-state index contributed by atoms with van der Waals surface area (Å²) in [6.45, 7) is 3.86. The second kappa shape index (κ2) is 6.33. The molecule has 0 bridgehead atoms. The van der Waals surface area contributed by atoms with E-state index in [4.69, 9.17) is 5.73 Å². The zero-order valence-electron chi connectivity index (χ0n) is 15.9. The number of carboxylic acid groups (broad SMARTS) is 1. The van der Waals surface area contributed by atoms with Crippen molar-refractivity contribution in [3.8, 4) is 0 Å². The van der Waals surface area contributed by atoms with Gasteiger partial charge in [-0.3, -0.25) is 4.79 Å². The second-order valence-electron chi connectivity index (χ2n) is 7.82. The number of benzene rings is 2. The molecule has 4 N–H and O–H groups in total. The predicted octanol–water partition coefficient (Wildman–Crippen LogP) is 3.98. The van der Waals surface area contributed by atoms with Crippen LogP contribution in [0, 0.1) is 12.7 Å². The van der Waals surface area contributed by atoms with Crippen molar-refractivity contribution in [2.45, 2.75) is 44.4 Å². The van der Waals surface area contributed by atoms with E-state index in [0.29, 0.717) is 42.5 Å². The van der Waals surface area contributed by atoms with Gasteiger partial charge in [0.25, 0.3) is 0 Å². The number of para-hydroxylation sites is 1. The monoisotopic (exact) mass is 382 g/mol. The molecule has 2 aliphatic rings. The highest BCUT2D eigenvalue weighted by Crippen LogP contribution is 2.55. The molecule has 28 heavy (non-hydrogen) atoms. The zero-order chi connectivity index (χ0) is 20.2.